The molecule has 1 rings (SSSR count). The quantitative estimate of drug-likeness (QED) is 0.522. The molecule has 0 spiro atoms. The highest BCUT2D eigenvalue weighted by molar-refractivity contribution is 5.49. The van der Waals surface area contributed by atoms with Crippen LogP contribution in [0.4, 0.5) is 0 Å². The van der Waals surface area contributed by atoms with E-state index in [9.17, 15) is 0 Å². The third-order valence-electron chi connectivity index (χ3n) is 1.64. The normalized spacial score (nSPS) is 13.5. The summed E-state index contributed by atoms with van der Waals surface area (Å²) in [5, 5.41) is 0. The minimum Gasteiger partial charge on any atom is -0.271 e. The monoisotopic (exact) mass is 162 g/mol. The molecular weight excluding hydrogens is 148 g/mol. The zero-order valence-corrected chi connectivity index (χ0v) is 7.20. The maximum absolute atomic E-state index is 5.23. The van der Waals surface area contributed by atoms with Gasteiger partial charge in [-0.1, -0.05) is 42.5 Å². The van der Waals surface area contributed by atoms with Gasteiger partial charge in [-0.2, -0.15) is 0 Å². The van der Waals surface area contributed by atoms with E-state index in [4.69, 9.17) is 5.84 Å². The predicted octanol–water partition coefficient (Wildman–Crippen LogP) is 1.55. The van der Waals surface area contributed by atoms with Crippen LogP contribution in [0.5, 0.6) is 0 Å². The summed E-state index contributed by atoms with van der Waals surface area (Å²) in [6.45, 7) is 2.00. The SMILES string of the molecule is CC(C=Cc1ccccc1)NN. The van der Waals surface area contributed by atoms with Crippen molar-refractivity contribution < 1.29 is 0 Å². The average molecular weight is 162 g/mol. The fourth-order valence-electron chi connectivity index (χ4n) is 0.875. The van der Waals surface area contributed by atoms with E-state index in [1.807, 2.05) is 37.3 Å². The lowest BCUT2D eigenvalue weighted by atomic mass is 10.2. The maximum Gasteiger partial charge on any atom is 0.0365 e. The molecule has 0 aliphatic rings. The van der Waals surface area contributed by atoms with E-state index < -0.39 is 0 Å². The van der Waals surface area contributed by atoms with Crippen molar-refractivity contribution in [2.75, 3.05) is 0 Å². The minimum absolute atomic E-state index is 0.213. The number of rotatable bonds is 3. The highest BCUT2D eigenvalue weighted by atomic mass is 15.2. The van der Waals surface area contributed by atoms with Gasteiger partial charge in [-0.05, 0) is 12.5 Å². The van der Waals surface area contributed by atoms with Crippen LogP contribution in [-0.2, 0) is 0 Å². The van der Waals surface area contributed by atoms with Crippen LogP contribution in [0.25, 0.3) is 6.08 Å². The first-order valence-corrected chi connectivity index (χ1v) is 4.02. The van der Waals surface area contributed by atoms with Crippen LogP contribution in [0.1, 0.15) is 12.5 Å². The van der Waals surface area contributed by atoms with E-state index in [-0.39, 0.29) is 6.04 Å². The number of nitrogens with one attached hydrogen (secondary N) is 1. The van der Waals surface area contributed by atoms with E-state index in [0.29, 0.717) is 0 Å². The topological polar surface area (TPSA) is 38.0 Å². The van der Waals surface area contributed by atoms with Gasteiger partial charge in [-0.3, -0.25) is 11.3 Å². The van der Waals surface area contributed by atoms with Crippen molar-refractivity contribution in [3.63, 3.8) is 0 Å². The van der Waals surface area contributed by atoms with E-state index in [1.165, 1.54) is 5.56 Å². The van der Waals surface area contributed by atoms with Crippen molar-refractivity contribution in [2.24, 2.45) is 5.84 Å². The molecule has 0 bridgehead atoms. The molecule has 0 radical (unpaired) electrons. The van der Waals surface area contributed by atoms with E-state index in [0.717, 1.165) is 0 Å². The molecule has 0 aliphatic heterocycles. The van der Waals surface area contributed by atoms with Crippen LogP contribution in [0, 0.1) is 0 Å². The zero-order valence-electron chi connectivity index (χ0n) is 7.20. The summed E-state index contributed by atoms with van der Waals surface area (Å²) in [5.74, 6) is 5.23. The molecule has 0 amide bonds. The summed E-state index contributed by atoms with van der Waals surface area (Å²) in [5.41, 5.74) is 3.84. The van der Waals surface area contributed by atoms with Gasteiger partial charge in [-0.25, -0.2) is 0 Å². The molecule has 2 heteroatoms. The Morgan fingerprint density at radius 2 is 2.00 bits per heavy atom. The van der Waals surface area contributed by atoms with Crippen molar-refractivity contribution >= 4 is 6.08 Å². The third kappa shape index (κ3) is 2.86. The molecule has 1 atom stereocenters. The van der Waals surface area contributed by atoms with Gasteiger partial charge < -0.3 is 0 Å². The van der Waals surface area contributed by atoms with Gasteiger partial charge in [0, 0.05) is 6.04 Å². The third-order valence-corrected chi connectivity index (χ3v) is 1.64. The molecule has 0 fully saturated rings. The summed E-state index contributed by atoms with van der Waals surface area (Å²) in [7, 11) is 0. The molecule has 0 aromatic heterocycles. The summed E-state index contributed by atoms with van der Waals surface area (Å²) < 4.78 is 0. The Labute approximate surface area is 73.1 Å². The first-order valence-electron chi connectivity index (χ1n) is 4.02. The molecule has 0 saturated heterocycles. The molecule has 0 saturated carbocycles. The zero-order chi connectivity index (χ0) is 8.81. The van der Waals surface area contributed by atoms with Crippen LogP contribution in [0.2, 0.25) is 0 Å². The predicted molar refractivity (Wildman–Crippen MR) is 52.3 cm³/mol. The Morgan fingerprint density at radius 3 is 2.58 bits per heavy atom. The Hall–Kier alpha value is -1.12. The van der Waals surface area contributed by atoms with Crippen LogP contribution in [0.15, 0.2) is 36.4 Å². The van der Waals surface area contributed by atoms with Gasteiger partial charge in [-0.15, -0.1) is 0 Å². The van der Waals surface area contributed by atoms with Gasteiger partial charge in [0.05, 0.1) is 0 Å². The summed E-state index contributed by atoms with van der Waals surface area (Å²) in [6.07, 6.45) is 4.07. The van der Waals surface area contributed by atoms with Crippen molar-refractivity contribution in [3.05, 3.63) is 42.0 Å². The van der Waals surface area contributed by atoms with Crippen molar-refractivity contribution in [2.45, 2.75) is 13.0 Å². The Kier molecular flexibility index (Phi) is 3.51. The number of nitrogens with two attached hydrogens (primary N) is 1. The molecule has 1 aromatic rings. The summed E-state index contributed by atoms with van der Waals surface area (Å²) >= 11 is 0. The van der Waals surface area contributed by atoms with Gasteiger partial charge in [0.15, 0.2) is 0 Å². The largest absolute Gasteiger partial charge is 0.271 e. The lowest BCUT2D eigenvalue weighted by molar-refractivity contribution is 0.671. The lowest BCUT2D eigenvalue weighted by Gasteiger charge is -2.01. The Balaban J connectivity index is 2.58. The van der Waals surface area contributed by atoms with Crippen molar-refractivity contribution in [1.29, 1.82) is 0 Å². The summed E-state index contributed by atoms with van der Waals surface area (Å²) in [6, 6.07) is 10.4. The Bertz CT molecular complexity index is 241. The fraction of sp³-hybridized carbons (Fsp3) is 0.200. The molecule has 0 aliphatic carbocycles. The molecule has 1 aromatic carbocycles. The second kappa shape index (κ2) is 4.70. The molecular formula is C10H14N2. The maximum atomic E-state index is 5.23. The second-order valence-corrected chi connectivity index (χ2v) is 2.73. The number of hydrazine groups is 1. The molecule has 3 N–H and O–H groups in total. The molecule has 0 heterocycles. The van der Waals surface area contributed by atoms with Gasteiger partial charge in [0.1, 0.15) is 0 Å². The van der Waals surface area contributed by atoms with Crippen LogP contribution in [-0.4, -0.2) is 6.04 Å². The minimum atomic E-state index is 0.213. The molecule has 1 unspecified atom stereocenters. The van der Waals surface area contributed by atoms with Crippen LogP contribution in [0.3, 0.4) is 0 Å². The molecule has 64 valence electrons. The van der Waals surface area contributed by atoms with E-state index >= 15 is 0 Å². The Morgan fingerprint density at radius 1 is 1.33 bits per heavy atom. The van der Waals surface area contributed by atoms with E-state index in [2.05, 4.69) is 17.6 Å². The van der Waals surface area contributed by atoms with Crippen LogP contribution < -0.4 is 11.3 Å². The van der Waals surface area contributed by atoms with Crippen molar-refractivity contribution in [1.82, 2.24) is 5.43 Å². The lowest BCUT2D eigenvalue weighted by Crippen LogP contribution is -2.30. The summed E-state index contributed by atoms with van der Waals surface area (Å²) in [4.78, 5) is 0. The van der Waals surface area contributed by atoms with Crippen LogP contribution >= 0.6 is 0 Å². The van der Waals surface area contributed by atoms with Gasteiger partial charge >= 0.3 is 0 Å². The second-order valence-electron chi connectivity index (χ2n) is 2.73. The smallest absolute Gasteiger partial charge is 0.0365 e. The number of hydrogen-bond donors (Lipinski definition) is 2. The number of hydrogen-bond acceptors (Lipinski definition) is 2. The van der Waals surface area contributed by atoms with E-state index in [1.54, 1.807) is 0 Å². The number of benzene rings is 1. The highest BCUT2D eigenvalue weighted by Crippen LogP contribution is 2.01. The molecule has 12 heavy (non-hydrogen) atoms. The first-order chi connectivity index (χ1) is 5.83. The highest BCUT2D eigenvalue weighted by Gasteiger charge is 1.89. The average Bonchev–Trinajstić information content (AvgIpc) is 2.16. The van der Waals surface area contributed by atoms with Crippen molar-refractivity contribution in [3.8, 4) is 0 Å². The molecule has 2 nitrogen and oxygen atoms in total. The van der Waals surface area contributed by atoms with Gasteiger partial charge in [0.2, 0.25) is 0 Å². The standard InChI is InChI=1S/C10H14N2/c1-9(12-11)7-8-10-5-3-2-4-6-10/h2-9,12H,11H2,1H3. The fourth-order valence-corrected chi connectivity index (χ4v) is 0.875. The first kappa shape index (κ1) is 8.97. The van der Waals surface area contributed by atoms with Gasteiger partial charge in [0.25, 0.3) is 0 Å².